The molecule has 0 atom stereocenters. The third-order valence-corrected chi connectivity index (χ3v) is 3.97. The third kappa shape index (κ3) is 8.33. The Kier molecular flexibility index (Phi) is 8.66. The van der Waals surface area contributed by atoms with E-state index >= 15 is 0 Å². The van der Waals surface area contributed by atoms with Gasteiger partial charge in [0.1, 0.15) is 11.5 Å². The van der Waals surface area contributed by atoms with Crippen LogP contribution in [0, 0.1) is 11.8 Å². The summed E-state index contributed by atoms with van der Waals surface area (Å²) in [5.41, 5.74) is 1.60. The molecule has 0 saturated carbocycles. The van der Waals surface area contributed by atoms with E-state index in [1.54, 1.807) is 0 Å². The van der Waals surface area contributed by atoms with Crippen molar-refractivity contribution in [2.75, 3.05) is 30.4 Å². The van der Waals surface area contributed by atoms with Crippen molar-refractivity contribution in [1.29, 1.82) is 0 Å². The molecule has 152 valence electrons. The molecule has 0 bridgehead atoms. The number of amides is 1. The molecule has 0 aliphatic heterocycles. The Morgan fingerprint density at radius 3 is 2.32 bits per heavy atom. The van der Waals surface area contributed by atoms with Gasteiger partial charge in [-0.25, -0.2) is 0 Å². The molecule has 5 nitrogen and oxygen atoms in total. The van der Waals surface area contributed by atoms with Crippen molar-refractivity contribution in [2.24, 2.45) is 11.8 Å². The highest BCUT2D eigenvalue weighted by Crippen LogP contribution is 2.19. The maximum absolute atomic E-state index is 12.2. The third-order valence-electron chi connectivity index (χ3n) is 3.97. The molecular formula is C23H32N2O3. The van der Waals surface area contributed by atoms with Crippen LogP contribution in [0.3, 0.4) is 0 Å². The predicted octanol–water partition coefficient (Wildman–Crippen LogP) is 5.20. The van der Waals surface area contributed by atoms with E-state index in [0.717, 1.165) is 29.3 Å². The van der Waals surface area contributed by atoms with Gasteiger partial charge in [-0.05, 0) is 54.7 Å². The Hall–Kier alpha value is -2.69. The zero-order chi connectivity index (χ0) is 20.4. The van der Waals surface area contributed by atoms with Gasteiger partial charge in [0.15, 0.2) is 0 Å². The summed E-state index contributed by atoms with van der Waals surface area (Å²) in [4.78, 5) is 12.2. The average Bonchev–Trinajstić information content (AvgIpc) is 2.66. The lowest BCUT2D eigenvalue weighted by atomic mass is 10.1. The highest BCUT2D eigenvalue weighted by molar-refractivity contribution is 5.93. The number of benzene rings is 2. The monoisotopic (exact) mass is 384 g/mol. The van der Waals surface area contributed by atoms with E-state index in [1.807, 2.05) is 48.5 Å². The maximum Gasteiger partial charge on any atom is 0.243 e. The van der Waals surface area contributed by atoms with Gasteiger partial charge < -0.3 is 20.1 Å². The number of hydrogen-bond donors (Lipinski definition) is 2. The summed E-state index contributed by atoms with van der Waals surface area (Å²) in [5.74, 6) is 2.57. The minimum absolute atomic E-state index is 0.113. The number of anilines is 2. The van der Waals surface area contributed by atoms with Crippen molar-refractivity contribution in [3.63, 3.8) is 0 Å². The Morgan fingerprint density at radius 2 is 1.64 bits per heavy atom. The summed E-state index contributed by atoms with van der Waals surface area (Å²) >= 11 is 0. The fraction of sp³-hybridized carbons (Fsp3) is 0.435. The van der Waals surface area contributed by atoms with Crippen LogP contribution in [0.2, 0.25) is 0 Å². The zero-order valence-electron chi connectivity index (χ0n) is 17.3. The van der Waals surface area contributed by atoms with Gasteiger partial charge in [0, 0.05) is 17.4 Å². The number of carbonyl (C=O) groups is 1. The molecule has 0 unspecified atom stereocenters. The van der Waals surface area contributed by atoms with Crippen LogP contribution in [-0.2, 0) is 4.79 Å². The van der Waals surface area contributed by atoms with Crippen LogP contribution >= 0.6 is 0 Å². The quantitative estimate of drug-likeness (QED) is 0.559. The van der Waals surface area contributed by atoms with E-state index in [-0.39, 0.29) is 12.5 Å². The van der Waals surface area contributed by atoms with Crippen LogP contribution in [0.5, 0.6) is 11.5 Å². The summed E-state index contributed by atoms with van der Waals surface area (Å²) in [6.45, 7) is 10.1. The summed E-state index contributed by atoms with van der Waals surface area (Å²) in [6, 6.07) is 15.1. The van der Waals surface area contributed by atoms with Gasteiger partial charge in [-0.3, -0.25) is 4.79 Å². The Balaban J connectivity index is 1.77. The SMILES string of the molecule is CC(C)CCOc1ccc(NCC(=O)Nc2cccc(OCC(C)C)c2)cc1. The molecule has 1 amide bonds. The molecule has 0 aliphatic rings. The fourth-order valence-electron chi connectivity index (χ4n) is 2.40. The molecule has 0 saturated heterocycles. The van der Waals surface area contributed by atoms with Crippen molar-refractivity contribution in [1.82, 2.24) is 0 Å². The number of nitrogens with one attached hydrogen (secondary N) is 2. The lowest BCUT2D eigenvalue weighted by Crippen LogP contribution is -2.21. The molecule has 0 heterocycles. The van der Waals surface area contributed by atoms with Gasteiger partial charge in [-0.15, -0.1) is 0 Å². The first-order valence-electron chi connectivity index (χ1n) is 9.92. The molecule has 2 rings (SSSR count). The van der Waals surface area contributed by atoms with Crippen molar-refractivity contribution in [3.8, 4) is 11.5 Å². The molecular weight excluding hydrogens is 352 g/mol. The fourth-order valence-corrected chi connectivity index (χ4v) is 2.40. The van der Waals surface area contributed by atoms with E-state index < -0.39 is 0 Å². The predicted molar refractivity (Wildman–Crippen MR) is 115 cm³/mol. The van der Waals surface area contributed by atoms with Gasteiger partial charge in [-0.2, -0.15) is 0 Å². The van der Waals surface area contributed by atoms with Crippen molar-refractivity contribution >= 4 is 17.3 Å². The average molecular weight is 385 g/mol. The second kappa shape index (κ2) is 11.2. The molecule has 5 heteroatoms. The highest BCUT2D eigenvalue weighted by Gasteiger charge is 2.05. The molecule has 0 spiro atoms. The molecule has 0 radical (unpaired) electrons. The largest absolute Gasteiger partial charge is 0.494 e. The number of rotatable bonds is 11. The van der Waals surface area contributed by atoms with Crippen LogP contribution in [0.15, 0.2) is 48.5 Å². The van der Waals surface area contributed by atoms with Crippen LogP contribution in [0.4, 0.5) is 11.4 Å². The number of carbonyl (C=O) groups excluding carboxylic acids is 1. The topological polar surface area (TPSA) is 59.6 Å². The minimum atomic E-state index is -0.113. The van der Waals surface area contributed by atoms with E-state index in [1.165, 1.54) is 0 Å². The first-order chi connectivity index (χ1) is 13.4. The lowest BCUT2D eigenvalue weighted by molar-refractivity contribution is -0.114. The summed E-state index contributed by atoms with van der Waals surface area (Å²) in [6.07, 6.45) is 1.03. The second-order valence-electron chi connectivity index (χ2n) is 7.69. The smallest absolute Gasteiger partial charge is 0.243 e. The maximum atomic E-state index is 12.2. The minimum Gasteiger partial charge on any atom is -0.494 e. The molecule has 0 fully saturated rings. The molecule has 28 heavy (non-hydrogen) atoms. The van der Waals surface area contributed by atoms with Crippen molar-refractivity contribution in [3.05, 3.63) is 48.5 Å². The lowest BCUT2D eigenvalue weighted by Gasteiger charge is -2.12. The van der Waals surface area contributed by atoms with Crippen molar-refractivity contribution < 1.29 is 14.3 Å². The van der Waals surface area contributed by atoms with Crippen LogP contribution < -0.4 is 20.1 Å². The molecule has 2 N–H and O–H groups in total. The Bertz CT molecular complexity index is 727. The van der Waals surface area contributed by atoms with E-state index in [9.17, 15) is 4.79 Å². The molecule has 2 aromatic carbocycles. The zero-order valence-corrected chi connectivity index (χ0v) is 17.3. The number of hydrogen-bond acceptors (Lipinski definition) is 4. The van der Waals surface area contributed by atoms with Crippen LogP contribution in [0.25, 0.3) is 0 Å². The van der Waals surface area contributed by atoms with E-state index in [0.29, 0.717) is 25.0 Å². The van der Waals surface area contributed by atoms with Gasteiger partial charge >= 0.3 is 0 Å². The van der Waals surface area contributed by atoms with Crippen LogP contribution in [-0.4, -0.2) is 25.7 Å². The molecule has 2 aromatic rings. The van der Waals surface area contributed by atoms with Crippen LogP contribution in [0.1, 0.15) is 34.1 Å². The summed E-state index contributed by atoms with van der Waals surface area (Å²) in [7, 11) is 0. The summed E-state index contributed by atoms with van der Waals surface area (Å²) in [5, 5.41) is 6.01. The first kappa shape index (κ1) is 21.6. The van der Waals surface area contributed by atoms with E-state index in [4.69, 9.17) is 9.47 Å². The van der Waals surface area contributed by atoms with Crippen molar-refractivity contribution in [2.45, 2.75) is 34.1 Å². The van der Waals surface area contributed by atoms with Gasteiger partial charge in [0.25, 0.3) is 0 Å². The Morgan fingerprint density at radius 1 is 0.893 bits per heavy atom. The molecule has 0 aliphatic carbocycles. The van der Waals surface area contributed by atoms with Gasteiger partial charge in [0.2, 0.25) is 5.91 Å². The highest BCUT2D eigenvalue weighted by atomic mass is 16.5. The molecule has 0 aromatic heterocycles. The number of ether oxygens (including phenoxy) is 2. The first-order valence-corrected chi connectivity index (χ1v) is 9.92. The van der Waals surface area contributed by atoms with Gasteiger partial charge in [0.05, 0.1) is 19.8 Å². The summed E-state index contributed by atoms with van der Waals surface area (Å²) < 4.78 is 11.4. The standard InChI is InChI=1S/C23H32N2O3/c1-17(2)12-13-27-21-10-8-19(9-11-21)24-15-23(26)25-20-6-5-7-22(14-20)28-16-18(3)4/h5-11,14,17-18,24H,12-13,15-16H2,1-4H3,(H,25,26). The van der Waals surface area contributed by atoms with Gasteiger partial charge in [-0.1, -0.05) is 33.8 Å². The second-order valence-corrected chi connectivity index (χ2v) is 7.69. The Labute approximate surface area is 168 Å². The normalized spacial score (nSPS) is 10.8. The van der Waals surface area contributed by atoms with E-state index in [2.05, 4.69) is 38.3 Å².